The Labute approximate surface area is 117 Å². The van der Waals surface area contributed by atoms with E-state index in [1.807, 2.05) is 22.0 Å². The van der Waals surface area contributed by atoms with E-state index in [4.69, 9.17) is 5.11 Å². The second-order valence-corrected chi connectivity index (χ2v) is 6.06. The highest BCUT2D eigenvalue weighted by Crippen LogP contribution is 2.28. The van der Waals surface area contributed by atoms with Gasteiger partial charge in [-0.1, -0.05) is 0 Å². The highest BCUT2D eigenvalue weighted by molar-refractivity contribution is 7.21. The fraction of sp³-hybridized carbons (Fsp3) is 0.333. The molecular weight excluding hydrogens is 282 g/mol. The summed E-state index contributed by atoms with van der Waals surface area (Å²) in [5, 5.41) is 13.5. The van der Waals surface area contributed by atoms with Crippen molar-refractivity contribution in [2.45, 2.75) is 12.8 Å². The minimum atomic E-state index is -0.0649. The van der Waals surface area contributed by atoms with Crippen molar-refractivity contribution in [3.05, 3.63) is 22.5 Å². The zero-order valence-corrected chi connectivity index (χ0v) is 11.8. The predicted octanol–water partition coefficient (Wildman–Crippen LogP) is 2.11. The summed E-state index contributed by atoms with van der Waals surface area (Å²) < 4.78 is 2.00. The topological polar surface area (TPSA) is 66.6 Å². The van der Waals surface area contributed by atoms with Crippen LogP contribution in [0.2, 0.25) is 0 Å². The molecule has 3 aromatic heterocycles. The summed E-state index contributed by atoms with van der Waals surface area (Å²) in [5.74, 6) is -0.0649. The van der Waals surface area contributed by atoms with Crippen molar-refractivity contribution in [2.75, 3.05) is 13.2 Å². The summed E-state index contributed by atoms with van der Waals surface area (Å²) in [5.41, 5.74) is 0.988. The molecule has 0 atom stereocenters. The van der Waals surface area contributed by atoms with Gasteiger partial charge in [-0.2, -0.15) is 0 Å². The second-order valence-electron chi connectivity index (χ2n) is 4.16. The third kappa shape index (κ3) is 2.36. The molecule has 0 saturated carbocycles. The van der Waals surface area contributed by atoms with Crippen LogP contribution in [0.25, 0.3) is 15.3 Å². The summed E-state index contributed by atoms with van der Waals surface area (Å²) in [6.07, 6.45) is 3.47. The number of amides is 1. The van der Waals surface area contributed by atoms with E-state index in [0.717, 1.165) is 21.7 Å². The number of thiophene rings is 1. The molecule has 0 radical (unpaired) electrons. The molecule has 0 unspecified atom stereocenters. The molecule has 0 bridgehead atoms. The van der Waals surface area contributed by atoms with Gasteiger partial charge in [0, 0.05) is 24.7 Å². The fourth-order valence-electron chi connectivity index (χ4n) is 1.89. The Balaban J connectivity index is 1.76. The van der Waals surface area contributed by atoms with Crippen molar-refractivity contribution >= 4 is 43.9 Å². The number of imidazole rings is 1. The van der Waals surface area contributed by atoms with Gasteiger partial charge in [-0.05, 0) is 18.9 Å². The molecule has 0 fully saturated rings. The first kappa shape index (κ1) is 12.6. The molecule has 1 amide bonds. The molecule has 0 aromatic carbocycles. The number of aromatic nitrogens is 2. The monoisotopic (exact) mass is 295 g/mol. The van der Waals surface area contributed by atoms with E-state index in [-0.39, 0.29) is 12.5 Å². The lowest BCUT2D eigenvalue weighted by atomic mass is 10.3. The van der Waals surface area contributed by atoms with Crippen LogP contribution in [-0.4, -0.2) is 33.6 Å². The summed E-state index contributed by atoms with van der Waals surface area (Å²) in [6.45, 7) is 0.759. The van der Waals surface area contributed by atoms with Gasteiger partial charge in [0.05, 0.1) is 10.4 Å². The highest BCUT2D eigenvalue weighted by atomic mass is 32.1. The molecule has 0 aliphatic rings. The number of hydrogen-bond donors (Lipinski definition) is 2. The Morgan fingerprint density at radius 2 is 2.37 bits per heavy atom. The van der Waals surface area contributed by atoms with Crippen LogP contribution in [0.4, 0.5) is 0 Å². The van der Waals surface area contributed by atoms with Gasteiger partial charge in [0.2, 0.25) is 0 Å². The van der Waals surface area contributed by atoms with Gasteiger partial charge in [0.1, 0.15) is 4.83 Å². The van der Waals surface area contributed by atoms with E-state index in [0.29, 0.717) is 17.8 Å². The van der Waals surface area contributed by atoms with Gasteiger partial charge in [-0.3, -0.25) is 9.20 Å². The average Bonchev–Trinajstić information content (AvgIpc) is 3.05. The number of fused-ring (bicyclic) bond motifs is 3. The highest BCUT2D eigenvalue weighted by Gasteiger charge is 2.14. The van der Waals surface area contributed by atoms with E-state index in [1.54, 1.807) is 11.3 Å². The molecule has 2 N–H and O–H groups in total. The van der Waals surface area contributed by atoms with Crippen LogP contribution >= 0.6 is 22.7 Å². The lowest BCUT2D eigenvalue weighted by Crippen LogP contribution is -2.23. The standard InChI is InChI=1S/C12H13N3O2S2/c16-5-2-1-3-13-10(17)9-7-8-11(19-9)14-12-15(8)4-6-18-12/h4,6-7,16H,1-3,5H2,(H,13,17). The molecule has 0 saturated heterocycles. The lowest BCUT2D eigenvalue weighted by molar-refractivity contribution is 0.0956. The minimum absolute atomic E-state index is 0.0649. The molecule has 100 valence electrons. The maximum Gasteiger partial charge on any atom is 0.261 e. The molecule has 3 aromatic rings. The smallest absolute Gasteiger partial charge is 0.261 e. The minimum Gasteiger partial charge on any atom is -0.396 e. The number of nitrogens with zero attached hydrogens (tertiary/aromatic N) is 2. The predicted molar refractivity (Wildman–Crippen MR) is 77.1 cm³/mol. The van der Waals surface area contributed by atoms with Crippen LogP contribution < -0.4 is 5.32 Å². The summed E-state index contributed by atoms with van der Waals surface area (Å²) in [6, 6.07) is 1.88. The van der Waals surface area contributed by atoms with Gasteiger partial charge >= 0.3 is 0 Å². The van der Waals surface area contributed by atoms with Crippen LogP contribution in [0.15, 0.2) is 17.6 Å². The van der Waals surface area contributed by atoms with Gasteiger partial charge < -0.3 is 10.4 Å². The van der Waals surface area contributed by atoms with Crippen molar-refractivity contribution in [1.29, 1.82) is 0 Å². The van der Waals surface area contributed by atoms with Crippen LogP contribution in [0, 0.1) is 0 Å². The molecule has 3 heterocycles. The van der Waals surface area contributed by atoms with E-state index in [1.165, 1.54) is 11.3 Å². The first-order chi connectivity index (χ1) is 9.29. The number of aliphatic hydroxyl groups excluding tert-OH is 1. The third-order valence-corrected chi connectivity index (χ3v) is 4.61. The zero-order chi connectivity index (χ0) is 13.2. The average molecular weight is 295 g/mol. The Morgan fingerprint density at radius 3 is 3.21 bits per heavy atom. The zero-order valence-electron chi connectivity index (χ0n) is 10.1. The summed E-state index contributed by atoms with van der Waals surface area (Å²) in [7, 11) is 0. The summed E-state index contributed by atoms with van der Waals surface area (Å²) in [4.78, 5) is 19.0. The molecule has 19 heavy (non-hydrogen) atoms. The Hall–Kier alpha value is -1.44. The fourth-order valence-corrected chi connectivity index (χ4v) is 3.60. The molecule has 0 aliphatic carbocycles. The number of unbranched alkanes of at least 4 members (excludes halogenated alkanes) is 1. The Kier molecular flexibility index (Phi) is 3.50. The number of nitrogens with one attached hydrogen (secondary N) is 1. The molecule has 5 nitrogen and oxygen atoms in total. The molecule has 0 aliphatic heterocycles. The maximum absolute atomic E-state index is 12.0. The SMILES string of the molecule is O=C(NCCCCO)c1cc2c(nc3sccn32)s1. The van der Waals surface area contributed by atoms with Crippen molar-refractivity contribution < 1.29 is 9.90 Å². The number of thiazole rings is 1. The van der Waals surface area contributed by atoms with Crippen molar-refractivity contribution in [3.63, 3.8) is 0 Å². The van der Waals surface area contributed by atoms with Crippen LogP contribution in [0.3, 0.4) is 0 Å². The van der Waals surface area contributed by atoms with Gasteiger partial charge in [0.15, 0.2) is 4.96 Å². The van der Waals surface area contributed by atoms with Crippen LogP contribution in [0.1, 0.15) is 22.5 Å². The Morgan fingerprint density at radius 1 is 1.47 bits per heavy atom. The first-order valence-electron chi connectivity index (χ1n) is 6.04. The van der Waals surface area contributed by atoms with Gasteiger partial charge in [0.25, 0.3) is 5.91 Å². The van der Waals surface area contributed by atoms with Crippen molar-refractivity contribution in [2.24, 2.45) is 0 Å². The molecular formula is C12H13N3O2S2. The largest absolute Gasteiger partial charge is 0.396 e. The van der Waals surface area contributed by atoms with E-state index in [9.17, 15) is 4.79 Å². The molecule has 7 heteroatoms. The number of carbonyl (C=O) groups excluding carboxylic acids is 1. The van der Waals surface area contributed by atoms with E-state index in [2.05, 4.69) is 10.3 Å². The lowest BCUT2D eigenvalue weighted by Gasteiger charge is -2.01. The van der Waals surface area contributed by atoms with Crippen LogP contribution in [0.5, 0.6) is 0 Å². The Bertz CT molecular complexity index is 713. The quantitative estimate of drug-likeness (QED) is 0.709. The molecule has 3 rings (SSSR count). The van der Waals surface area contributed by atoms with E-state index < -0.39 is 0 Å². The van der Waals surface area contributed by atoms with Crippen LogP contribution in [-0.2, 0) is 0 Å². The first-order valence-corrected chi connectivity index (χ1v) is 7.73. The van der Waals surface area contributed by atoms with Crippen molar-refractivity contribution in [1.82, 2.24) is 14.7 Å². The van der Waals surface area contributed by atoms with Gasteiger partial charge in [-0.25, -0.2) is 4.98 Å². The number of rotatable bonds is 5. The van der Waals surface area contributed by atoms with Crippen molar-refractivity contribution in [3.8, 4) is 0 Å². The van der Waals surface area contributed by atoms with E-state index >= 15 is 0 Å². The third-order valence-electron chi connectivity index (χ3n) is 2.83. The normalized spacial score (nSPS) is 11.4. The van der Waals surface area contributed by atoms with Gasteiger partial charge in [-0.15, -0.1) is 22.7 Å². The number of hydrogen-bond acceptors (Lipinski definition) is 5. The number of carbonyl (C=O) groups is 1. The summed E-state index contributed by atoms with van der Waals surface area (Å²) >= 11 is 3.00. The second kappa shape index (κ2) is 5.28. The maximum atomic E-state index is 12.0. The molecule has 0 spiro atoms. The number of aliphatic hydroxyl groups is 1.